The van der Waals surface area contributed by atoms with Gasteiger partial charge < -0.3 is 23.8 Å². The second-order valence-electron chi connectivity index (χ2n) is 6.19. The quantitative estimate of drug-likeness (QED) is 0.683. The van der Waals surface area contributed by atoms with Crippen LogP contribution in [0.3, 0.4) is 0 Å². The van der Waals surface area contributed by atoms with Crippen LogP contribution in [-0.4, -0.2) is 23.1 Å². The van der Waals surface area contributed by atoms with E-state index in [2.05, 4.69) is 5.32 Å². The molecule has 1 aliphatic heterocycles. The topological polar surface area (TPSA) is 99.8 Å². The smallest absolute Gasteiger partial charge is 0.291 e. The molecule has 0 bridgehead atoms. The van der Waals surface area contributed by atoms with Gasteiger partial charge in [-0.25, -0.2) is 0 Å². The van der Waals surface area contributed by atoms with E-state index in [0.29, 0.717) is 28.5 Å². The molecule has 1 N–H and O–H groups in total. The summed E-state index contributed by atoms with van der Waals surface area (Å²) in [7, 11) is 0. The van der Waals surface area contributed by atoms with Crippen molar-refractivity contribution in [1.82, 2.24) is 4.57 Å². The van der Waals surface area contributed by atoms with Gasteiger partial charge in [0.2, 0.25) is 6.79 Å². The largest absolute Gasteiger partial charge is 0.454 e. The maximum absolute atomic E-state index is 12.6. The van der Waals surface area contributed by atoms with Crippen LogP contribution in [0.2, 0.25) is 0 Å². The van der Waals surface area contributed by atoms with Crippen molar-refractivity contribution in [2.45, 2.75) is 13.5 Å². The first-order valence-electron chi connectivity index (χ1n) is 8.51. The first-order valence-corrected chi connectivity index (χ1v) is 8.51. The van der Waals surface area contributed by atoms with Crippen molar-refractivity contribution < 1.29 is 23.5 Å². The fourth-order valence-electron chi connectivity index (χ4n) is 2.86. The molecule has 8 nitrogen and oxygen atoms in total. The Balaban J connectivity index is 1.55. The zero-order valence-corrected chi connectivity index (χ0v) is 14.9. The number of hydrogen-bond donors (Lipinski definition) is 1. The highest BCUT2D eigenvalue weighted by molar-refractivity contribution is 6.08. The minimum atomic E-state index is -0.520. The lowest BCUT2D eigenvalue weighted by molar-refractivity contribution is 0.0994. The first kappa shape index (κ1) is 17.6. The standard InChI is InChI=1S/C20H16N2O6/c1-12(23)14-8-17-18(27-11-26-17)9-15(14)21-20(25)16-6-5-13(28-16)10-22-7-3-2-4-19(22)24/h2-9H,10-11H2,1H3,(H,21,25). The van der Waals surface area contributed by atoms with Crippen LogP contribution in [0, 0.1) is 0 Å². The average Bonchev–Trinajstić information content (AvgIpc) is 3.31. The first-order chi connectivity index (χ1) is 13.5. The van der Waals surface area contributed by atoms with Gasteiger partial charge in [0.25, 0.3) is 11.5 Å². The van der Waals surface area contributed by atoms with E-state index in [1.165, 1.54) is 29.7 Å². The Kier molecular flexibility index (Phi) is 4.44. The number of fused-ring (bicyclic) bond motifs is 1. The third-order valence-corrected chi connectivity index (χ3v) is 4.25. The van der Waals surface area contributed by atoms with Gasteiger partial charge in [-0.1, -0.05) is 6.07 Å². The summed E-state index contributed by atoms with van der Waals surface area (Å²) in [6.45, 7) is 1.66. The fraction of sp³-hybridized carbons (Fsp3) is 0.150. The number of aromatic nitrogens is 1. The SMILES string of the molecule is CC(=O)c1cc2c(cc1NC(=O)c1ccc(Cn3ccccc3=O)o1)OCO2. The number of furan rings is 1. The Morgan fingerprint density at radius 1 is 1.11 bits per heavy atom. The molecular weight excluding hydrogens is 364 g/mol. The minimum Gasteiger partial charge on any atom is -0.454 e. The maximum atomic E-state index is 12.6. The number of ketones is 1. The number of pyridine rings is 1. The number of benzene rings is 1. The number of carbonyl (C=O) groups is 2. The van der Waals surface area contributed by atoms with Crippen LogP contribution in [0.25, 0.3) is 0 Å². The summed E-state index contributed by atoms with van der Waals surface area (Å²) in [4.78, 5) is 36.3. The molecule has 0 fully saturated rings. The molecule has 0 radical (unpaired) electrons. The number of amides is 1. The Hall–Kier alpha value is -3.81. The lowest BCUT2D eigenvalue weighted by Gasteiger charge is -2.09. The molecule has 4 rings (SSSR count). The van der Waals surface area contributed by atoms with E-state index < -0.39 is 5.91 Å². The molecule has 0 saturated carbocycles. The summed E-state index contributed by atoms with van der Waals surface area (Å²) in [5.74, 6) is 0.674. The van der Waals surface area contributed by atoms with Crippen LogP contribution in [-0.2, 0) is 6.54 Å². The molecule has 28 heavy (non-hydrogen) atoms. The van der Waals surface area contributed by atoms with E-state index >= 15 is 0 Å². The van der Waals surface area contributed by atoms with Crippen molar-refractivity contribution in [2.75, 3.05) is 12.1 Å². The number of rotatable bonds is 5. The third kappa shape index (κ3) is 3.39. The number of Topliss-reactive ketones (excluding diaryl/α,β-unsaturated/α-hetero) is 1. The number of nitrogens with one attached hydrogen (secondary N) is 1. The maximum Gasteiger partial charge on any atom is 0.291 e. The van der Waals surface area contributed by atoms with Gasteiger partial charge in [-0.05, 0) is 31.2 Å². The zero-order chi connectivity index (χ0) is 19.7. The second-order valence-corrected chi connectivity index (χ2v) is 6.19. The van der Waals surface area contributed by atoms with Crippen molar-refractivity contribution in [3.05, 3.63) is 76.1 Å². The summed E-state index contributed by atoms with van der Waals surface area (Å²) in [5, 5.41) is 2.67. The molecule has 0 spiro atoms. The van der Waals surface area contributed by atoms with Crippen molar-refractivity contribution in [2.24, 2.45) is 0 Å². The molecule has 0 saturated heterocycles. The van der Waals surface area contributed by atoms with Crippen LogP contribution < -0.4 is 20.3 Å². The summed E-state index contributed by atoms with van der Waals surface area (Å²) in [5.41, 5.74) is 0.440. The molecule has 1 aromatic carbocycles. The molecule has 1 aliphatic rings. The molecule has 0 unspecified atom stereocenters. The highest BCUT2D eigenvalue weighted by atomic mass is 16.7. The van der Waals surface area contributed by atoms with E-state index in [0.717, 1.165) is 0 Å². The van der Waals surface area contributed by atoms with Crippen LogP contribution in [0.15, 0.2) is 57.9 Å². The normalized spacial score (nSPS) is 12.0. The summed E-state index contributed by atoms with van der Waals surface area (Å²) in [6.07, 6.45) is 1.64. The van der Waals surface area contributed by atoms with Gasteiger partial charge >= 0.3 is 0 Å². The Labute approximate surface area is 159 Å². The highest BCUT2D eigenvalue weighted by Crippen LogP contribution is 2.37. The van der Waals surface area contributed by atoms with E-state index in [9.17, 15) is 14.4 Å². The third-order valence-electron chi connectivity index (χ3n) is 4.25. The van der Waals surface area contributed by atoms with Gasteiger partial charge in [-0.15, -0.1) is 0 Å². The van der Waals surface area contributed by atoms with Gasteiger partial charge in [0.1, 0.15) is 5.76 Å². The van der Waals surface area contributed by atoms with Crippen LogP contribution in [0.4, 0.5) is 5.69 Å². The predicted molar refractivity (Wildman–Crippen MR) is 99.0 cm³/mol. The van der Waals surface area contributed by atoms with Gasteiger partial charge in [0.15, 0.2) is 23.0 Å². The monoisotopic (exact) mass is 380 g/mol. The number of nitrogens with zero attached hydrogens (tertiary/aromatic N) is 1. The Morgan fingerprint density at radius 2 is 1.89 bits per heavy atom. The van der Waals surface area contributed by atoms with Gasteiger partial charge in [0, 0.05) is 23.9 Å². The molecule has 1 amide bonds. The number of anilines is 1. The van der Waals surface area contributed by atoms with Crippen LogP contribution >= 0.6 is 0 Å². The lowest BCUT2D eigenvalue weighted by atomic mass is 10.1. The predicted octanol–water partition coefficient (Wildman–Crippen LogP) is 2.67. The Morgan fingerprint density at radius 3 is 2.64 bits per heavy atom. The Bertz CT molecular complexity index is 1130. The van der Waals surface area contributed by atoms with Gasteiger partial charge in [-0.2, -0.15) is 0 Å². The van der Waals surface area contributed by atoms with E-state index in [1.54, 1.807) is 30.5 Å². The van der Waals surface area contributed by atoms with E-state index in [4.69, 9.17) is 13.9 Å². The summed E-state index contributed by atoms with van der Waals surface area (Å²) in [6, 6.07) is 11.1. The second kappa shape index (κ2) is 7.07. The van der Waals surface area contributed by atoms with Crippen molar-refractivity contribution in [3.63, 3.8) is 0 Å². The van der Waals surface area contributed by atoms with Crippen molar-refractivity contribution in [1.29, 1.82) is 0 Å². The number of hydrogen-bond acceptors (Lipinski definition) is 6. The highest BCUT2D eigenvalue weighted by Gasteiger charge is 2.21. The van der Waals surface area contributed by atoms with Crippen LogP contribution in [0.1, 0.15) is 33.6 Å². The molecule has 0 atom stereocenters. The van der Waals surface area contributed by atoms with Crippen LogP contribution in [0.5, 0.6) is 11.5 Å². The van der Waals surface area contributed by atoms with Gasteiger partial charge in [-0.3, -0.25) is 14.4 Å². The lowest BCUT2D eigenvalue weighted by Crippen LogP contribution is -2.18. The summed E-state index contributed by atoms with van der Waals surface area (Å²) < 4.78 is 17.6. The summed E-state index contributed by atoms with van der Waals surface area (Å²) >= 11 is 0. The number of ether oxygens (including phenoxy) is 2. The molecule has 0 aliphatic carbocycles. The number of carbonyl (C=O) groups excluding carboxylic acids is 2. The fourth-order valence-corrected chi connectivity index (χ4v) is 2.86. The van der Waals surface area contributed by atoms with Crippen molar-refractivity contribution in [3.8, 4) is 11.5 Å². The average molecular weight is 380 g/mol. The molecule has 3 aromatic rings. The van der Waals surface area contributed by atoms with Crippen molar-refractivity contribution >= 4 is 17.4 Å². The molecule has 8 heteroatoms. The van der Waals surface area contributed by atoms with Gasteiger partial charge in [0.05, 0.1) is 12.2 Å². The molecular formula is C20H16N2O6. The minimum absolute atomic E-state index is 0.0600. The van der Waals surface area contributed by atoms with E-state index in [-0.39, 0.29) is 30.4 Å². The van der Waals surface area contributed by atoms with E-state index in [1.807, 2.05) is 0 Å². The zero-order valence-electron chi connectivity index (χ0n) is 14.9. The molecule has 142 valence electrons. The molecule has 3 heterocycles. The molecule has 2 aromatic heterocycles.